The molecule has 0 aliphatic carbocycles. The topological polar surface area (TPSA) is 32.3 Å². The van der Waals surface area contributed by atoms with E-state index in [1.54, 1.807) is 0 Å². The Bertz CT molecular complexity index is 146. The number of urea groups is 1. The lowest BCUT2D eigenvalue weighted by atomic mass is 10.1. The van der Waals surface area contributed by atoms with Crippen LogP contribution in [0.4, 0.5) is 4.79 Å². The van der Waals surface area contributed by atoms with E-state index in [1.165, 1.54) is 12.8 Å². The van der Waals surface area contributed by atoms with Crippen molar-refractivity contribution in [2.24, 2.45) is 0 Å². The minimum absolute atomic E-state index is 0.137. The number of rotatable bonds is 0. The van der Waals surface area contributed by atoms with Gasteiger partial charge in [-0.1, -0.05) is 0 Å². The molecule has 3 nitrogen and oxygen atoms in total. The fourth-order valence-corrected chi connectivity index (χ4v) is 1.55. The van der Waals surface area contributed by atoms with Gasteiger partial charge in [0.15, 0.2) is 0 Å². The van der Waals surface area contributed by atoms with Crippen LogP contribution in [-0.2, 0) is 0 Å². The van der Waals surface area contributed by atoms with Crippen molar-refractivity contribution < 1.29 is 4.79 Å². The maximum absolute atomic E-state index is 10.9. The standard InChI is InChI=1S/C6H10N2O/c9-6-7-5-2-1-3-8(6)4-5/h5H,1-4H2,(H,7,9)/t5-/m1/s1. The Morgan fingerprint density at radius 1 is 1.67 bits per heavy atom. The molecule has 1 N–H and O–H groups in total. The first kappa shape index (κ1) is 5.09. The molecule has 0 unspecified atom stereocenters. The fraction of sp³-hybridized carbons (Fsp3) is 0.833. The van der Waals surface area contributed by atoms with Gasteiger partial charge in [-0.15, -0.1) is 0 Å². The van der Waals surface area contributed by atoms with Crippen molar-refractivity contribution in [1.82, 2.24) is 10.2 Å². The quantitative estimate of drug-likeness (QED) is 0.493. The van der Waals surface area contributed by atoms with Crippen molar-refractivity contribution in [2.75, 3.05) is 13.1 Å². The van der Waals surface area contributed by atoms with Crippen molar-refractivity contribution in [3.63, 3.8) is 0 Å². The van der Waals surface area contributed by atoms with Crippen LogP contribution in [0.3, 0.4) is 0 Å². The van der Waals surface area contributed by atoms with E-state index in [1.807, 2.05) is 4.90 Å². The smallest absolute Gasteiger partial charge is 0.317 e. The van der Waals surface area contributed by atoms with Crippen LogP contribution in [0.25, 0.3) is 0 Å². The van der Waals surface area contributed by atoms with E-state index in [2.05, 4.69) is 5.32 Å². The summed E-state index contributed by atoms with van der Waals surface area (Å²) in [5.74, 6) is 0. The summed E-state index contributed by atoms with van der Waals surface area (Å²) >= 11 is 0. The molecule has 1 atom stereocenters. The van der Waals surface area contributed by atoms with Gasteiger partial charge >= 0.3 is 6.03 Å². The number of fused-ring (bicyclic) bond motifs is 2. The summed E-state index contributed by atoms with van der Waals surface area (Å²) in [6.45, 7) is 1.90. The van der Waals surface area contributed by atoms with E-state index in [0.717, 1.165) is 13.1 Å². The molecular formula is C6H10N2O. The zero-order valence-electron chi connectivity index (χ0n) is 5.26. The third kappa shape index (κ3) is 0.677. The molecule has 2 heterocycles. The van der Waals surface area contributed by atoms with Gasteiger partial charge < -0.3 is 10.2 Å². The molecular weight excluding hydrogens is 116 g/mol. The second-order valence-corrected chi connectivity index (χ2v) is 2.73. The van der Waals surface area contributed by atoms with Crippen LogP contribution in [0.2, 0.25) is 0 Å². The van der Waals surface area contributed by atoms with Crippen LogP contribution >= 0.6 is 0 Å². The zero-order chi connectivity index (χ0) is 6.27. The molecule has 9 heavy (non-hydrogen) atoms. The third-order valence-corrected chi connectivity index (χ3v) is 2.04. The Kier molecular flexibility index (Phi) is 0.917. The molecule has 0 aromatic heterocycles. The Labute approximate surface area is 54.0 Å². The summed E-state index contributed by atoms with van der Waals surface area (Å²) in [6, 6.07) is 0.601. The molecule has 0 radical (unpaired) electrons. The molecule has 2 saturated heterocycles. The number of amides is 2. The molecule has 0 aromatic carbocycles. The lowest BCUT2D eigenvalue weighted by Crippen LogP contribution is -2.30. The first-order valence-electron chi connectivity index (χ1n) is 3.42. The van der Waals surface area contributed by atoms with Gasteiger partial charge in [0.05, 0.1) is 0 Å². The zero-order valence-corrected chi connectivity index (χ0v) is 5.26. The van der Waals surface area contributed by atoms with E-state index in [0.29, 0.717) is 6.04 Å². The van der Waals surface area contributed by atoms with Gasteiger partial charge in [0.2, 0.25) is 0 Å². The van der Waals surface area contributed by atoms with Crippen molar-refractivity contribution in [3.05, 3.63) is 0 Å². The molecule has 3 heteroatoms. The van der Waals surface area contributed by atoms with Gasteiger partial charge in [-0.05, 0) is 12.8 Å². The van der Waals surface area contributed by atoms with Crippen LogP contribution in [0, 0.1) is 0 Å². The summed E-state index contributed by atoms with van der Waals surface area (Å²) in [4.78, 5) is 12.8. The predicted molar refractivity (Wildman–Crippen MR) is 33.1 cm³/mol. The minimum Gasteiger partial charge on any atom is -0.333 e. The Hall–Kier alpha value is -0.730. The molecule has 2 rings (SSSR count). The van der Waals surface area contributed by atoms with Crippen molar-refractivity contribution >= 4 is 6.03 Å². The van der Waals surface area contributed by atoms with Gasteiger partial charge in [0.1, 0.15) is 0 Å². The molecule has 2 bridgehead atoms. The highest BCUT2D eigenvalue weighted by molar-refractivity contribution is 5.77. The number of nitrogens with zero attached hydrogens (tertiary/aromatic N) is 1. The maximum atomic E-state index is 10.9. The monoisotopic (exact) mass is 126 g/mol. The molecule has 2 aliphatic rings. The van der Waals surface area contributed by atoms with Crippen LogP contribution in [0.15, 0.2) is 0 Å². The Balaban J connectivity index is 2.15. The Morgan fingerprint density at radius 3 is 3.22 bits per heavy atom. The number of hydrogen-bond acceptors (Lipinski definition) is 1. The second-order valence-electron chi connectivity index (χ2n) is 2.73. The number of nitrogens with one attached hydrogen (secondary N) is 1. The normalized spacial score (nSPS) is 32.7. The highest BCUT2D eigenvalue weighted by Crippen LogP contribution is 2.15. The number of piperidine rings is 1. The average molecular weight is 126 g/mol. The highest BCUT2D eigenvalue weighted by Gasteiger charge is 2.31. The van der Waals surface area contributed by atoms with Gasteiger partial charge in [0.25, 0.3) is 0 Å². The fourth-order valence-electron chi connectivity index (χ4n) is 1.55. The average Bonchev–Trinajstić information content (AvgIpc) is 2.09. The van der Waals surface area contributed by atoms with Crippen LogP contribution in [0.1, 0.15) is 12.8 Å². The Morgan fingerprint density at radius 2 is 2.56 bits per heavy atom. The first-order valence-corrected chi connectivity index (χ1v) is 3.42. The summed E-state index contributed by atoms with van der Waals surface area (Å²) in [5.41, 5.74) is 0. The number of carbonyl (C=O) groups is 1. The van der Waals surface area contributed by atoms with E-state index >= 15 is 0 Å². The van der Waals surface area contributed by atoms with Crippen LogP contribution < -0.4 is 5.32 Å². The number of hydrogen-bond donors (Lipinski definition) is 1. The molecule has 2 fully saturated rings. The minimum atomic E-state index is 0.137. The SMILES string of the molecule is O=C1N[C@@H]2CCCN1C2. The van der Waals surface area contributed by atoms with Gasteiger partial charge in [-0.25, -0.2) is 4.79 Å². The van der Waals surface area contributed by atoms with Gasteiger partial charge in [-0.2, -0.15) is 0 Å². The van der Waals surface area contributed by atoms with E-state index in [4.69, 9.17) is 0 Å². The van der Waals surface area contributed by atoms with Crippen molar-refractivity contribution in [3.8, 4) is 0 Å². The van der Waals surface area contributed by atoms with Gasteiger partial charge in [0, 0.05) is 19.1 Å². The third-order valence-electron chi connectivity index (χ3n) is 2.04. The predicted octanol–water partition coefficient (Wildman–Crippen LogP) is 0.174. The summed E-state index contributed by atoms with van der Waals surface area (Å²) in [6.07, 6.45) is 2.34. The second kappa shape index (κ2) is 1.62. The van der Waals surface area contributed by atoms with E-state index < -0.39 is 0 Å². The van der Waals surface area contributed by atoms with E-state index in [-0.39, 0.29) is 6.03 Å². The maximum Gasteiger partial charge on any atom is 0.317 e. The van der Waals surface area contributed by atoms with Crippen molar-refractivity contribution in [2.45, 2.75) is 18.9 Å². The summed E-state index contributed by atoms with van der Waals surface area (Å²) < 4.78 is 0. The lowest BCUT2D eigenvalue weighted by molar-refractivity contribution is 0.215. The number of carbonyl (C=O) groups excluding carboxylic acids is 1. The largest absolute Gasteiger partial charge is 0.333 e. The molecule has 50 valence electrons. The highest BCUT2D eigenvalue weighted by atomic mass is 16.2. The molecule has 2 amide bonds. The van der Waals surface area contributed by atoms with Crippen LogP contribution in [0.5, 0.6) is 0 Å². The molecule has 0 saturated carbocycles. The lowest BCUT2D eigenvalue weighted by Gasteiger charge is -2.18. The first-order chi connectivity index (χ1) is 4.36. The molecule has 0 aromatic rings. The molecule has 0 spiro atoms. The van der Waals surface area contributed by atoms with Crippen LogP contribution in [-0.4, -0.2) is 30.1 Å². The molecule has 2 aliphatic heterocycles. The summed E-state index contributed by atoms with van der Waals surface area (Å²) in [7, 11) is 0. The van der Waals surface area contributed by atoms with Crippen molar-refractivity contribution in [1.29, 1.82) is 0 Å². The van der Waals surface area contributed by atoms with Gasteiger partial charge in [-0.3, -0.25) is 0 Å². The van der Waals surface area contributed by atoms with E-state index in [9.17, 15) is 4.79 Å². The summed E-state index contributed by atoms with van der Waals surface area (Å²) in [5, 5.41) is 2.90.